The number of benzene rings is 1. The number of nitro benzene ring substituents is 1. The Hall–Kier alpha value is -2.13. The number of anilines is 1. The van der Waals surface area contributed by atoms with Gasteiger partial charge in [-0.05, 0) is 31.4 Å². The van der Waals surface area contributed by atoms with Crippen molar-refractivity contribution in [1.82, 2.24) is 0 Å². The Morgan fingerprint density at radius 1 is 1.50 bits per heavy atom. The molecule has 2 unspecified atom stereocenters. The van der Waals surface area contributed by atoms with Crippen molar-refractivity contribution in [3.8, 4) is 6.07 Å². The first-order valence-electron chi connectivity index (χ1n) is 5.75. The van der Waals surface area contributed by atoms with Crippen molar-refractivity contribution in [3.63, 3.8) is 0 Å². The molecular weight excluding hydrogens is 234 g/mol. The summed E-state index contributed by atoms with van der Waals surface area (Å²) in [5.41, 5.74) is 0.454. The summed E-state index contributed by atoms with van der Waals surface area (Å²) in [6, 6.07) is 6.08. The van der Waals surface area contributed by atoms with Crippen LogP contribution in [0.3, 0.4) is 0 Å². The van der Waals surface area contributed by atoms with Crippen molar-refractivity contribution in [2.45, 2.75) is 31.4 Å². The summed E-state index contributed by atoms with van der Waals surface area (Å²) >= 11 is 0. The number of nitriles is 1. The Balaban J connectivity index is 2.20. The second kappa shape index (κ2) is 5.02. The van der Waals surface area contributed by atoms with Gasteiger partial charge in [0.2, 0.25) is 0 Å². The van der Waals surface area contributed by atoms with E-state index in [0.29, 0.717) is 5.69 Å². The van der Waals surface area contributed by atoms with Crippen LogP contribution in [0.2, 0.25) is 0 Å². The molecule has 0 heterocycles. The molecule has 1 saturated carbocycles. The third-order valence-electron chi connectivity index (χ3n) is 3.15. The molecule has 1 aliphatic carbocycles. The number of nitrogens with zero attached hydrogens (tertiary/aromatic N) is 2. The molecule has 2 N–H and O–H groups in total. The molecule has 0 amide bonds. The van der Waals surface area contributed by atoms with E-state index in [0.717, 1.165) is 19.3 Å². The molecule has 18 heavy (non-hydrogen) atoms. The van der Waals surface area contributed by atoms with Gasteiger partial charge in [0, 0.05) is 11.8 Å². The van der Waals surface area contributed by atoms with E-state index in [-0.39, 0.29) is 17.3 Å². The zero-order valence-corrected chi connectivity index (χ0v) is 9.67. The summed E-state index contributed by atoms with van der Waals surface area (Å²) in [5.74, 6) is 0. The van der Waals surface area contributed by atoms with Crippen LogP contribution in [0.25, 0.3) is 0 Å². The minimum atomic E-state index is -0.577. The molecule has 2 atom stereocenters. The van der Waals surface area contributed by atoms with Gasteiger partial charge < -0.3 is 10.4 Å². The molecule has 94 valence electrons. The van der Waals surface area contributed by atoms with E-state index >= 15 is 0 Å². The van der Waals surface area contributed by atoms with Crippen LogP contribution in [-0.4, -0.2) is 22.2 Å². The smallest absolute Gasteiger partial charge is 0.287 e. The first-order chi connectivity index (χ1) is 8.61. The van der Waals surface area contributed by atoms with Gasteiger partial charge in [-0.15, -0.1) is 0 Å². The van der Waals surface area contributed by atoms with Crippen molar-refractivity contribution in [1.29, 1.82) is 5.26 Å². The highest BCUT2D eigenvalue weighted by Gasteiger charge is 2.25. The predicted molar refractivity (Wildman–Crippen MR) is 65.1 cm³/mol. The highest BCUT2D eigenvalue weighted by atomic mass is 16.6. The second-order valence-corrected chi connectivity index (χ2v) is 4.35. The first kappa shape index (κ1) is 12.3. The van der Waals surface area contributed by atoms with Crippen LogP contribution < -0.4 is 5.32 Å². The fraction of sp³-hybridized carbons (Fsp3) is 0.417. The number of hydrogen-bond donors (Lipinski definition) is 2. The van der Waals surface area contributed by atoms with Gasteiger partial charge in [0.1, 0.15) is 11.6 Å². The summed E-state index contributed by atoms with van der Waals surface area (Å²) in [5, 5.41) is 32.3. The second-order valence-electron chi connectivity index (χ2n) is 4.35. The maximum atomic E-state index is 10.7. The molecule has 1 aliphatic rings. The van der Waals surface area contributed by atoms with E-state index in [1.807, 2.05) is 6.07 Å². The number of aliphatic hydroxyl groups excluding tert-OH is 1. The highest BCUT2D eigenvalue weighted by molar-refractivity contribution is 5.59. The third-order valence-corrected chi connectivity index (χ3v) is 3.15. The molecule has 0 bridgehead atoms. The van der Waals surface area contributed by atoms with Crippen LogP contribution >= 0.6 is 0 Å². The SMILES string of the molecule is N#Cc1cc(NC2CCCC2O)ccc1[N+](=O)[O-]. The van der Waals surface area contributed by atoms with Crippen molar-refractivity contribution in [3.05, 3.63) is 33.9 Å². The fourth-order valence-corrected chi connectivity index (χ4v) is 2.20. The van der Waals surface area contributed by atoms with Crippen LogP contribution in [0, 0.1) is 21.4 Å². The maximum absolute atomic E-state index is 10.7. The first-order valence-corrected chi connectivity index (χ1v) is 5.75. The lowest BCUT2D eigenvalue weighted by Crippen LogP contribution is -2.27. The number of nitro groups is 1. The summed E-state index contributed by atoms with van der Waals surface area (Å²) < 4.78 is 0. The Morgan fingerprint density at radius 2 is 2.28 bits per heavy atom. The van der Waals surface area contributed by atoms with Gasteiger partial charge in [-0.1, -0.05) is 0 Å². The van der Waals surface area contributed by atoms with Gasteiger partial charge in [0.15, 0.2) is 0 Å². The standard InChI is InChI=1S/C12H13N3O3/c13-7-8-6-9(4-5-11(8)15(17)18)14-10-2-1-3-12(10)16/h4-6,10,12,14,16H,1-3H2. The monoisotopic (exact) mass is 247 g/mol. The van der Waals surface area contributed by atoms with Gasteiger partial charge >= 0.3 is 0 Å². The Kier molecular flexibility index (Phi) is 3.44. The third kappa shape index (κ3) is 2.41. The lowest BCUT2D eigenvalue weighted by molar-refractivity contribution is -0.385. The van der Waals surface area contributed by atoms with Gasteiger partial charge in [-0.3, -0.25) is 10.1 Å². The molecule has 0 radical (unpaired) electrons. The molecule has 1 aromatic rings. The van der Waals surface area contributed by atoms with Crippen molar-refractivity contribution in [2.75, 3.05) is 5.32 Å². The quantitative estimate of drug-likeness (QED) is 0.626. The average Bonchev–Trinajstić information content (AvgIpc) is 2.74. The molecule has 6 heteroatoms. The fourth-order valence-electron chi connectivity index (χ4n) is 2.20. The zero-order valence-electron chi connectivity index (χ0n) is 9.67. The minimum absolute atomic E-state index is 0.0255. The number of hydrogen-bond acceptors (Lipinski definition) is 5. The van der Waals surface area contributed by atoms with Crippen LogP contribution in [0.1, 0.15) is 24.8 Å². The van der Waals surface area contributed by atoms with Crippen LogP contribution in [0.5, 0.6) is 0 Å². The largest absolute Gasteiger partial charge is 0.391 e. The minimum Gasteiger partial charge on any atom is -0.391 e. The lowest BCUT2D eigenvalue weighted by Gasteiger charge is -2.17. The molecule has 0 aromatic heterocycles. The van der Waals surface area contributed by atoms with E-state index in [1.165, 1.54) is 12.1 Å². The summed E-state index contributed by atoms with van der Waals surface area (Å²) in [4.78, 5) is 10.1. The molecule has 6 nitrogen and oxygen atoms in total. The van der Waals surface area contributed by atoms with Gasteiger partial charge in [-0.2, -0.15) is 5.26 Å². The number of nitrogens with one attached hydrogen (secondary N) is 1. The molecule has 0 saturated heterocycles. The molecule has 0 spiro atoms. The van der Waals surface area contributed by atoms with Crippen molar-refractivity contribution >= 4 is 11.4 Å². The van der Waals surface area contributed by atoms with E-state index in [1.54, 1.807) is 6.07 Å². The number of aliphatic hydroxyl groups is 1. The van der Waals surface area contributed by atoms with E-state index < -0.39 is 11.0 Å². The molecule has 2 rings (SSSR count). The molecule has 0 aliphatic heterocycles. The van der Waals surface area contributed by atoms with Crippen LogP contribution in [0.4, 0.5) is 11.4 Å². The topological polar surface area (TPSA) is 99.2 Å². The molecule has 1 fully saturated rings. The molecular formula is C12H13N3O3. The lowest BCUT2D eigenvalue weighted by atomic mass is 10.1. The summed E-state index contributed by atoms with van der Waals surface area (Å²) in [6.45, 7) is 0. The van der Waals surface area contributed by atoms with Crippen LogP contribution in [-0.2, 0) is 0 Å². The Morgan fingerprint density at radius 3 is 2.83 bits per heavy atom. The van der Waals surface area contributed by atoms with Crippen molar-refractivity contribution < 1.29 is 10.0 Å². The van der Waals surface area contributed by atoms with E-state index in [2.05, 4.69) is 5.32 Å². The van der Waals surface area contributed by atoms with Gasteiger partial charge in [0.05, 0.1) is 17.1 Å². The molecule has 1 aromatic carbocycles. The summed E-state index contributed by atoms with van der Waals surface area (Å²) in [6.07, 6.45) is 2.18. The average molecular weight is 247 g/mol. The van der Waals surface area contributed by atoms with Crippen molar-refractivity contribution in [2.24, 2.45) is 0 Å². The van der Waals surface area contributed by atoms with Gasteiger partial charge in [0.25, 0.3) is 5.69 Å². The highest BCUT2D eigenvalue weighted by Crippen LogP contribution is 2.26. The predicted octanol–water partition coefficient (Wildman–Crippen LogP) is 1.79. The number of rotatable bonds is 3. The van der Waals surface area contributed by atoms with Crippen LogP contribution in [0.15, 0.2) is 18.2 Å². The Bertz CT molecular complexity index is 510. The van der Waals surface area contributed by atoms with Gasteiger partial charge in [-0.25, -0.2) is 0 Å². The summed E-state index contributed by atoms with van der Waals surface area (Å²) in [7, 11) is 0. The maximum Gasteiger partial charge on any atom is 0.287 e. The zero-order chi connectivity index (χ0) is 13.1. The Labute approximate surface area is 104 Å². The van der Waals surface area contributed by atoms with E-state index in [4.69, 9.17) is 5.26 Å². The van der Waals surface area contributed by atoms with E-state index in [9.17, 15) is 15.2 Å². The normalized spacial score (nSPS) is 22.4.